The molecule has 0 aliphatic heterocycles. The number of pyridine rings is 1. The summed E-state index contributed by atoms with van der Waals surface area (Å²) in [5.41, 5.74) is 6.64. The molecular formula is C11H18N2O2. The molecule has 1 aromatic heterocycles. The van der Waals surface area contributed by atoms with Crippen LogP contribution in [0, 0.1) is 0 Å². The number of ether oxygens (including phenoxy) is 2. The Hall–Kier alpha value is -1.29. The van der Waals surface area contributed by atoms with Gasteiger partial charge in [0.05, 0.1) is 26.6 Å². The quantitative estimate of drug-likeness (QED) is 0.815. The van der Waals surface area contributed by atoms with Gasteiger partial charge in [0.1, 0.15) is 11.5 Å². The summed E-state index contributed by atoms with van der Waals surface area (Å²) in [5, 5.41) is 0. The molecule has 84 valence electrons. The fourth-order valence-electron chi connectivity index (χ4n) is 1.43. The second-order valence-electron chi connectivity index (χ2n) is 4.19. The smallest absolute Gasteiger partial charge is 0.144 e. The van der Waals surface area contributed by atoms with Gasteiger partial charge in [0.15, 0.2) is 0 Å². The number of hydrogen-bond acceptors (Lipinski definition) is 4. The Morgan fingerprint density at radius 2 is 1.67 bits per heavy atom. The highest BCUT2D eigenvalue weighted by Crippen LogP contribution is 2.29. The van der Waals surface area contributed by atoms with Crippen LogP contribution in [0.3, 0.4) is 0 Å². The molecule has 4 heteroatoms. The first kappa shape index (κ1) is 11.8. The summed E-state index contributed by atoms with van der Waals surface area (Å²) in [7, 11) is 3.23. The third kappa shape index (κ3) is 3.09. The zero-order valence-electron chi connectivity index (χ0n) is 9.70. The average Bonchev–Trinajstić information content (AvgIpc) is 2.16. The number of nitrogens with zero attached hydrogens (tertiary/aromatic N) is 1. The van der Waals surface area contributed by atoms with Crippen LogP contribution in [0.15, 0.2) is 12.4 Å². The summed E-state index contributed by atoms with van der Waals surface area (Å²) in [6, 6.07) is 0. The molecule has 4 nitrogen and oxygen atoms in total. The van der Waals surface area contributed by atoms with Gasteiger partial charge >= 0.3 is 0 Å². The van der Waals surface area contributed by atoms with Crippen molar-refractivity contribution in [1.82, 2.24) is 4.98 Å². The van der Waals surface area contributed by atoms with Gasteiger partial charge in [-0.2, -0.15) is 0 Å². The molecule has 1 aromatic rings. The molecule has 0 saturated carbocycles. The minimum atomic E-state index is -0.304. The summed E-state index contributed by atoms with van der Waals surface area (Å²) in [6.45, 7) is 3.93. The first-order valence-electron chi connectivity index (χ1n) is 4.81. The molecule has 0 aromatic carbocycles. The standard InChI is InChI=1S/C11H18N2O2/c1-11(2,12)5-8-9(14-3)6-13-7-10(8)15-4/h6-7H,5,12H2,1-4H3. The van der Waals surface area contributed by atoms with Crippen molar-refractivity contribution in [2.45, 2.75) is 25.8 Å². The van der Waals surface area contributed by atoms with E-state index in [1.165, 1.54) is 0 Å². The maximum absolute atomic E-state index is 5.98. The Kier molecular flexibility index (Phi) is 3.52. The van der Waals surface area contributed by atoms with Gasteiger partial charge in [0.2, 0.25) is 0 Å². The molecule has 0 radical (unpaired) electrons. The summed E-state index contributed by atoms with van der Waals surface area (Å²) in [6.07, 6.45) is 4.02. The summed E-state index contributed by atoms with van der Waals surface area (Å²) < 4.78 is 10.5. The lowest BCUT2D eigenvalue weighted by Crippen LogP contribution is -2.34. The van der Waals surface area contributed by atoms with Crippen LogP contribution in [0.5, 0.6) is 11.5 Å². The second-order valence-corrected chi connectivity index (χ2v) is 4.19. The largest absolute Gasteiger partial charge is 0.495 e. The number of aromatic nitrogens is 1. The number of methoxy groups -OCH3 is 2. The van der Waals surface area contributed by atoms with E-state index in [0.717, 1.165) is 5.56 Å². The first-order valence-corrected chi connectivity index (χ1v) is 4.81. The van der Waals surface area contributed by atoms with E-state index in [0.29, 0.717) is 17.9 Å². The van der Waals surface area contributed by atoms with E-state index in [4.69, 9.17) is 15.2 Å². The molecule has 0 fully saturated rings. The van der Waals surface area contributed by atoms with Crippen LogP contribution in [-0.2, 0) is 6.42 Å². The van der Waals surface area contributed by atoms with Gasteiger partial charge in [-0.15, -0.1) is 0 Å². The Bertz CT molecular complexity index is 310. The van der Waals surface area contributed by atoms with Crippen LogP contribution in [0.4, 0.5) is 0 Å². The summed E-state index contributed by atoms with van der Waals surface area (Å²) in [5.74, 6) is 1.43. The highest BCUT2D eigenvalue weighted by molar-refractivity contribution is 5.42. The fraction of sp³-hybridized carbons (Fsp3) is 0.545. The lowest BCUT2D eigenvalue weighted by molar-refractivity contribution is 0.372. The van der Waals surface area contributed by atoms with Crippen molar-refractivity contribution in [1.29, 1.82) is 0 Å². The second kappa shape index (κ2) is 4.49. The SMILES string of the molecule is COc1cncc(OC)c1CC(C)(C)N. The fourth-order valence-corrected chi connectivity index (χ4v) is 1.43. The van der Waals surface area contributed by atoms with Crippen LogP contribution in [0.2, 0.25) is 0 Å². The zero-order valence-corrected chi connectivity index (χ0v) is 9.70. The van der Waals surface area contributed by atoms with Crippen LogP contribution in [-0.4, -0.2) is 24.7 Å². The molecule has 1 rings (SSSR count). The van der Waals surface area contributed by atoms with Crippen molar-refractivity contribution >= 4 is 0 Å². The molecule has 0 amide bonds. The van der Waals surface area contributed by atoms with Gasteiger partial charge in [-0.3, -0.25) is 4.98 Å². The average molecular weight is 210 g/mol. The van der Waals surface area contributed by atoms with E-state index in [1.54, 1.807) is 26.6 Å². The molecule has 0 bridgehead atoms. The normalized spacial score (nSPS) is 11.3. The monoisotopic (exact) mass is 210 g/mol. The number of hydrogen-bond donors (Lipinski definition) is 1. The predicted molar refractivity (Wildman–Crippen MR) is 59.3 cm³/mol. The van der Waals surface area contributed by atoms with E-state index in [2.05, 4.69) is 4.98 Å². The van der Waals surface area contributed by atoms with E-state index in [9.17, 15) is 0 Å². The molecule has 0 saturated heterocycles. The van der Waals surface area contributed by atoms with Gasteiger partial charge in [-0.25, -0.2) is 0 Å². The van der Waals surface area contributed by atoms with E-state index >= 15 is 0 Å². The molecule has 0 aliphatic carbocycles. The van der Waals surface area contributed by atoms with E-state index in [-0.39, 0.29) is 5.54 Å². The molecule has 15 heavy (non-hydrogen) atoms. The number of nitrogens with two attached hydrogens (primary N) is 1. The van der Waals surface area contributed by atoms with Crippen LogP contribution in [0.25, 0.3) is 0 Å². The minimum Gasteiger partial charge on any atom is -0.495 e. The van der Waals surface area contributed by atoms with Crippen molar-refractivity contribution in [2.24, 2.45) is 5.73 Å². The van der Waals surface area contributed by atoms with Gasteiger partial charge in [-0.1, -0.05) is 0 Å². The highest BCUT2D eigenvalue weighted by atomic mass is 16.5. The minimum absolute atomic E-state index is 0.304. The lowest BCUT2D eigenvalue weighted by atomic mass is 9.96. The maximum Gasteiger partial charge on any atom is 0.144 e. The zero-order chi connectivity index (χ0) is 11.5. The van der Waals surface area contributed by atoms with E-state index < -0.39 is 0 Å². The third-order valence-corrected chi connectivity index (χ3v) is 2.05. The molecule has 0 spiro atoms. The molecule has 0 atom stereocenters. The Labute approximate surface area is 90.4 Å². The number of rotatable bonds is 4. The predicted octanol–water partition coefficient (Wildman–Crippen LogP) is 1.38. The maximum atomic E-state index is 5.98. The molecule has 1 heterocycles. The van der Waals surface area contributed by atoms with Gasteiger partial charge in [-0.05, 0) is 20.3 Å². The molecule has 0 aliphatic rings. The Balaban J connectivity index is 3.11. The van der Waals surface area contributed by atoms with E-state index in [1.807, 2.05) is 13.8 Å². The third-order valence-electron chi connectivity index (χ3n) is 2.05. The van der Waals surface area contributed by atoms with Crippen molar-refractivity contribution in [3.63, 3.8) is 0 Å². The van der Waals surface area contributed by atoms with Crippen LogP contribution < -0.4 is 15.2 Å². The van der Waals surface area contributed by atoms with Crippen LogP contribution in [0.1, 0.15) is 19.4 Å². The van der Waals surface area contributed by atoms with Crippen molar-refractivity contribution in [3.05, 3.63) is 18.0 Å². The van der Waals surface area contributed by atoms with Gasteiger partial charge in [0, 0.05) is 11.1 Å². The first-order chi connectivity index (χ1) is 6.98. The lowest BCUT2D eigenvalue weighted by Gasteiger charge is -2.21. The Morgan fingerprint density at radius 1 is 1.20 bits per heavy atom. The highest BCUT2D eigenvalue weighted by Gasteiger charge is 2.19. The Morgan fingerprint density at radius 3 is 2.00 bits per heavy atom. The summed E-state index contributed by atoms with van der Waals surface area (Å²) >= 11 is 0. The topological polar surface area (TPSA) is 57.4 Å². The van der Waals surface area contributed by atoms with Gasteiger partial charge < -0.3 is 15.2 Å². The molecule has 2 N–H and O–H groups in total. The van der Waals surface area contributed by atoms with Gasteiger partial charge in [0.25, 0.3) is 0 Å². The molecule has 0 unspecified atom stereocenters. The van der Waals surface area contributed by atoms with Crippen LogP contribution >= 0.6 is 0 Å². The molecular weight excluding hydrogens is 192 g/mol. The summed E-state index contributed by atoms with van der Waals surface area (Å²) in [4.78, 5) is 4.03. The van der Waals surface area contributed by atoms with Crippen molar-refractivity contribution in [3.8, 4) is 11.5 Å². The van der Waals surface area contributed by atoms with Crippen molar-refractivity contribution in [2.75, 3.05) is 14.2 Å². The van der Waals surface area contributed by atoms with Crippen molar-refractivity contribution < 1.29 is 9.47 Å².